The minimum absolute atomic E-state index is 0.0843. The Bertz CT molecular complexity index is 349. The van der Waals surface area contributed by atoms with Crippen LogP contribution in [0.5, 0.6) is 5.75 Å². The molecule has 1 N–H and O–H groups in total. The molecule has 0 aliphatic carbocycles. The van der Waals surface area contributed by atoms with Crippen molar-refractivity contribution in [2.45, 2.75) is 25.9 Å². The topological polar surface area (TPSA) is 21.3 Å². The van der Waals surface area contributed by atoms with Gasteiger partial charge in [0.15, 0.2) is 0 Å². The Balaban J connectivity index is 2.38. The van der Waals surface area contributed by atoms with Gasteiger partial charge in [-0.2, -0.15) is 0 Å². The fourth-order valence-corrected chi connectivity index (χ4v) is 1.91. The molecular formula is C11H14BrNO. The molecule has 2 rings (SSSR count). The maximum absolute atomic E-state index is 5.93. The Hall–Kier alpha value is -0.700. The van der Waals surface area contributed by atoms with Gasteiger partial charge in [0.1, 0.15) is 11.4 Å². The number of rotatable bonds is 0. The second kappa shape index (κ2) is 3.46. The third kappa shape index (κ3) is 2.03. The predicted octanol–water partition coefficient (Wildman–Crippen LogP) is 3.42. The van der Waals surface area contributed by atoms with Crippen LogP contribution >= 0.6 is 15.9 Å². The van der Waals surface area contributed by atoms with E-state index in [1.54, 1.807) is 0 Å². The summed E-state index contributed by atoms with van der Waals surface area (Å²) < 4.78 is 6.98. The fourth-order valence-electron chi connectivity index (χ4n) is 1.57. The molecule has 3 heteroatoms. The highest BCUT2D eigenvalue weighted by molar-refractivity contribution is 9.10. The number of ether oxygens (including phenoxy) is 1. The second-order valence-electron chi connectivity index (χ2n) is 4.18. The Morgan fingerprint density at radius 3 is 3.00 bits per heavy atom. The Kier molecular flexibility index (Phi) is 2.43. The second-order valence-corrected chi connectivity index (χ2v) is 5.09. The van der Waals surface area contributed by atoms with Crippen LogP contribution in [-0.2, 0) is 0 Å². The molecule has 0 atom stereocenters. The first-order chi connectivity index (χ1) is 6.57. The van der Waals surface area contributed by atoms with E-state index in [-0.39, 0.29) is 5.60 Å². The average Bonchev–Trinajstić information content (AvgIpc) is 2.21. The van der Waals surface area contributed by atoms with Gasteiger partial charge in [-0.15, -0.1) is 0 Å². The van der Waals surface area contributed by atoms with Gasteiger partial charge in [-0.3, -0.25) is 0 Å². The van der Waals surface area contributed by atoms with Crippen molar-refractivity contribution in [3.05, 3.63) is 22.7 Å². The van der Waals surface area contributed by atoms with Gasteiger partial charge >= 0.3 is 0 Å². The quantitative estimate of drug-likeness (QED) is 0.767. The normalized spacial score (nSPS) is 18.8. The zero-order chi connectivity index (χ0) is 10.2. The number of halogens is 1. The summed E-state index contributed by atoms with van der Waals surface area (Å²) in [7, 11) is 0. The highest BCUT2D eigenvalue weighted by Crippen LogP contribution is 2.34. The van der Waals surface area contributed by atoms with Crippen molar-refractivity contribution in [1.29, 1.82) is 0 Å². The van der Waals surface area contributed by atoms with E-state index < -0.39 is 0 Å². The molecular weight excluding hydrogens is 242 g/mol. The molecule has 0 amide bonds. The highest BCUT2D eigenvalue weighted by Gasteiger charge is 2.24. The van der Waals surface area contributed by atoms with E-state index in [0.29, 0.717) is 0 Å². The van der Waals surface area contributed by atoms with Crippen LogP contribution in [0.25, 0.3) is 0 Å². The van der Waals surface area contributed by atoms with E-state index in [1.807, 2.05) is 18.2 Å². The molecule has 1 heterocycles. The summed E-state index contributed by atoms with van der Waals surface area (Å²) in [6, 6.07) is 6.07. The first-order valence-electron chi connectivity index (χ1n) is 4.79. The summed E-state index contributed by atoms with van der Waals surface area (Å²) in [6.07, 6.45) is 1.01. The summed E-state index contributed by atoms with van der Waals surface area (Å²) in [4.78, 5) is 0. The minimum atomic E-state index is -0.0843. The van der Waals surface area contributed by atoms with E-state index >= 15 is 0 Å². The standard InChI is InChI=1S/C11H14BrNO/c1-11(2)5-6-13-9-4-3-8(12)7-10(9)14-11/h3-4,7,13H,5-6H2,1-2H3. The maximum Gasteiger partial charge on any atom is 0.144 e. The van der Waals surface area contributed by atoms with Crippen molar-refractivity contribution in [3.63, 3.8) is 0 Å². The first kappa shape index (κ1) is 9.84. The van der Waals surface area contributed by atoms with Crippen LogP contribution in [0.3, 0.4) is 0 Å². The minimum Gasteiger partial charge on any atom is -0.486 e. The van der Waals surface area contributed by atoms with E-state index in [9.17, 15) is 0 Å². The van der Waals surface area contributed by atoms with Crippen LogP contribution in [0.1, 0.15) is 20.3 Å². The molecule has 0 spiro atoms. The lowest BCUT2D eigenvalue weighted by atomic mass is 10.1. The van der Waals surface area contributed by atoms with Crippen molar-refractivity contribution >= 4 is 21.6 Å². The van der Waals surface area contributed by atoms with Crippen LogP contribution in [0.2, 0.25) is 0 Å². The van der Waals surface area contributed by atoms with Crippen LogP contribution in [0.4, 0.5) is 5.69 Å². The Morgan fingerprint density at radius 2 is 2.21 bits per heavy atom. The third-order valence-electron chi connectivity index (χ3n) is 2.37. The molecule has 1 aliphatic rings. The van der Waals surface area contributed by atoms with E-state index in [0.717, 1.165) is 28.9 Å². The summed E-state index contributed by atoms with van der Waals surface area (Å²) >= 11 is 3.45. The van der Waals surface area contributed by atoms with Crippen molar-refractivity contribution in [2.24, 2.45) is 0 Å². The van der Waals surface area contributed by atoms with Gasteiger partial charge in [0.05, 0.1) is 5.69 Å². The molecule has 0 saturated carbocycles. The van der Waals surface area contributed by atoms with Crippen molar-refractivity contribution in [2.75, 3.05) is 11.9 Å². The van der Waals surface area contributed by atoms with Crippen LogP contribution < -0.4 is 10.1 Å². The zero-order valence-electron chi connectivity index (χ0n) is 8.43. The summed E-state index contributed by atoms with van der Waals surface area (Å²) in [5, 5.41) is 3.36. The number of fused-ring (bicyclic) bond motifs is 1. The van der Waals surface area contributed by atoms with Crippen molar-refractivity contribution in [1.82, 2.24) is 0 Å². The summed E-state index contributed by atoms with van der Waals surface area (Å²) in [5.41, 5.74) is 0.998. The fraction of sp³-hybridized carbons (Fsp3) is 0.455. The molecule has 0 bridgehead atoms. The summed E-state index contributed by atoms with van der Waals surface area (Å²) in [5.74, 6) is 0.932. The van der Waals surface area contributed by atoms with E-state index in [4.69, 9.17) is 4.74 Å². The molecule has 0 fully saturated rings. The molecule has 1 aromatic carbocycles. The van der Waals surface area contributed by atoms with Gasteiger partial charge < -0.3 is 10.1 Å². The molecule has 0 unspecified atom stereocenters. The lowest BCUT2D eigenvalue weighted by molar-refractivity contribution is 0.108. The Morgan fingerprint density at radius 1 is 1.43 bits per heavy atom. The number of hydrogen-bond donors (Lipinski definition) is 1. The monoisotopic (exact) mass is 255 g/mol. The van der Waals surface area contributed by atoms with Crippen molar-refractivity contribution < 1.29 is 4.74 Å². The first-order valence-corrected chi connectivity index (χ1v) is 5.59. The number of anilines is 1. The molecule has 0 aromatic heterocycles. The number of benzene rings is 1. The molecule has 1 aliphatic heterocycles. The lowest BCUT2D eigenvalue weighted by Gasteiger charge is -2.23. The van der Waals surface area contributed by atoms with Gasteiger partial charge in [0, 0.05) is 17.4 Å². The molecule has 2 nitrogen and oxygen atoms in total. The predicted molar refractivity (Wildman–Crippen MR) is 62.0 cm³/mol. The van der Waals surface area contributed by atoms with Crippen molar-refractivity contribution in [3.8, 4) is 5.75 Å². The molecule has 76 valence electrons. The van der Waals surface area contributed by atoms with Crippen LogP contribution in [-0.4, -0.2) is 12.1 Å². The molecule has 0 radical (unpaired) electrons. The van der Waals surface area contributed by atoms with Gasteiger partial charge in [0.2, 0.25) is 0 Å². The number of hydrogen-bond acceptors (Lipinski definition) is 2. The SMILES string of the molecule is CC1(C)CCNc2ccc(Br)cc2O1. The van der Waals surface area contributed by atoms with Gasteiger partial charge in [-0.1, -0.05) is 15.9 Å². The molecule has 14 heavy (non-hydrogen) atoms. The lowest BCUT2D eigenvalue weighted by Crippen LogP contribution is -2.28. The van der Waals surface area contributed by atoms with Crippen LogP contribution in [0, 0.1) is 0 Å². The van der Waals surface area contributed by atoms with E-state index in [1.165, 1.54) is 0 Å². The number of nitrogens with one attached hydrogen (secondary N) is 1. The average molecular weight is 256 g/mol. The molecule has 1 aromatic rings. The largest absolute Gasteiger partial charge is 0.486 e. The van der Waals surface area contributed by atoms with Gasteiger partial charge in [-0.05, 0) is 32.0 Å². The molecule has 0 saturated heterocycles. The third-order valence-corrected chi connectivity index (χ3v) is 2.87. The Labute approximate surface area is 92.8 Å². The van der Waals surface area contributed by atoms with Gasteiger partial charge in [-0.25, -0.2) is 0 Å². The van der Waals surface area contributed by atoms with Crippen LogP contribution in [0.15, 0.2) is 22.7 Å². The summed E-state index contributed by atoms with van der Waals surface area (Å²) in [6.45, 7) is 5.19. The zero-order valence-corrected chi connectivity index (χ0v) is 10.0. The smallest absolute Gasteiger partial charge is 0.144 e. The van der Waals surface area contributed by atoms with Gasteiger partial charge in [0.25, 0.3) is 0 Å². The highest BCUT2D eigenvalue weighted by atomic mass is 79.9. The maximum atomic E-state index is 5.93. The van der Waals surface area contributed by atoms with E-state index in [2.05, 4.69) is 35.1 Å².